The summed E-state index contributed by atoms with van der Waals surface area (Å²) in [6.07, 6.45) is 2.38. The predicted molar refractivity (Wildman–Crippen MR) is 68.4 cm³/mol. The highest BCUT2D eigenvalue weighted by atomic mass is 16.6. The number of phenols is 1. The zero-order valence-corrected chi connectivity index (χ0v) is 10.5. The normalized spacial score (nSPS) is 17.1. The molecule has 0 bridgehead atoms. The van der Waals surface area contributed by atoms with Gasteiger partial charge in [-0.3, -0.25) is 0 Å². The third kappa shape index (κ3) is 2.76. The molecule has 1 aromatic rings. The highest BCUT2D eigenvalue weighted by molar-refractivity contribution is 5.53. The van der Waals surface area contributed by atoms with Gasteiger partial charge in [-0.1, -0.05) is 12.7 Å². The summed E-state index contributed by atoms with van der Waals surface area (Å²) in [4.78, 5) is 0. The molecule has 18 heavy (non-hydrogen) atoms. The van der Waals surface area contributed by atoms with Crippen molar-refractivity contribution in [2.45, 2.75) is 19.4 Å². The summed E-state index contributed by atoms with van der Waals surface area (Å²) in [5, 5.41) is 9.65. The molecule has 0 aliphatic carbocycles. The minimum Gasteiger partial charge on any atom is -0.508 e. The lowest BCUT2D eigenvalue weighted by Crippen LogP contribution is -2.20. The topological polar surface area (TPSA) is 47.9 Å². The number of aromatic hydroxyl groups is 1. The van der Waals surface area contributed by atoms with E-state index in [1.54, 1.807) is 18.2 Å². The van der Waals surface area contributed by atoms with Gasteiger partial charge >= 0.3 is 0 Å². The monoisotopic (exact) mass is 250 g/mol. The van der Waals surface area contributed by atoms with Crippen molar-refractivity contribution in [2.24, 2.45) is 0 Å². The van der Waals surface area contributed by atoms with Crippen LogP contribution >= 0.6 is 0 Å². The largest absolute Gasteiger partial charge is 0.508 e. The summed E-state index contributed by atoms with van der Waals surface area (Å²) in [7, 11) is 0. The van der Waals surface area contributed by atoms with Gasteiger partial charge < -0.3 is 19.3 Å². The maximum atomic E-state index is 9.65. The van der Waals surface area contributed by atoms with Crippen LogP contribution in [0.2, 0.25) is 0 Å². The van der Waals surface area contributed by atoms with E-state index in [0.717, 1.165) is 12.0 Å². The van der Waals surface area contributed by atoms with Gasteiger partial charge in [-0.25, -0.2) is 0 Å². The minimum atomic E-state index is -0.00664. The summed E-state index contributed by atoms with van der Waals surface area (Å²) in [6.45, 7) is 7.15. The maximum Gasteiger partial charge on any atom is 0.165 e. The van der Waals surface area contributed by atoms with Crippen LogP contribution in [0.4, 0.5) is 0 Å². The molecule has 2 rings (SSSR count). The number of ether oxygens (including phenoxy) is 3. The average molecular weight is 250 g/mol. The van der Waals surface area contributed by atoms with Crippen LogP contribution in [-0.4, -0.2) is 31.0 Å². The molecule has 1 aromatic carbocycles. The second-order valence-corrected chi connectivity index (χ2v) is 4.14. The van der Waals surface area contributed by atoms with Gasteiger partial charge in [0.15, 0.2) is 11.5 Å². The molecule has 0 saturated heterocycles. The number of rotatable bonds is 6. The molecule has 0 saturated carbocycles. The average Bonchev–Trinajstić information content (AvgIpc) is 2.76. The molecule has 1 aliphatic heterocycles. The van der Waals surface area contributed by atoms with E-state index in [1.807, 2.05) is 6.92 Å². The van der Waals surface area contributed by atoms with Gasteiger partial charge in [0.1, 0.15) is 18.5 Å². The van der Waals surface area contributed by atoms with Gasteiger partial charge in [0.25, 0.3) is 0 Å². The Morgan fingerprint density at radius 2 is 2.39 bits per heavy atom. The standard InChI is InChI=1S/C14H18O4/c1-3-5-17-13-8-11(15)6-10-7-12(9-16-4-2)18-14(10)13/h3,6,8,12,15H,1,4-5,7,9H2,2H3. The Balaban J connectivity index is 2.14. The van der Waals surface area contributed by atoms with Crippen molar-refractivity contribution in [3.63, 3.8) is 0 Å². The molecular weight excluding hydrogens is 232 g/mol. The third-order valence-electron chi connectivity index (χ3n) is 2.71. The Kier molecular flexibility index (Phi) is 4.10. The van der Waals surface area contributed by atoms with Gasteiger partial charge in [-0.15, -0.1) is 0 Å². The summed E-state index contributed by atoms with van der Waals surface area (Å²) in [5.74, 6) is 1.46. The van der Waals surface area contributed by atoms with Crippen LogP contribution in [-0.2, 0) is 11.2 Å². The molecule has 1 heterocycles. The van der Waals surface area contributed by atoms with Crippen LogP contribution < -0.4 is 9.47 Å². The van der Waals surface area contributed by atoms with Crippen LogP contribution in [0.25, 0.3) is 0 Å². The molecule has 4 heteroatoms. The SMILES string of the molecule is C=CCOc1cc(O)cc2c1OC(COCC)C2. The Bertz CT molecular complexity index is 428. The van der Waals surface area contributed by atoms with E-state index in [-0.39, 0.29) is 11.9 Å². The van der Waals surface area contributed by atoms with E-state index >= 15 is 0 Å². The molecule has 0 spiro atoms. The third-order valence-corrected chi connectivity index (χ3v) is 2.71. The first-order valence-corrected chi connectivity index (χ1v) is 6.08. The Morgan fingerprint density at radius 3 is 3.11 bits per heavy atom. The quantitative estimate of drug-likeness (QED) is 0.787. The van der Waals surface area contributed by atoms with Crippen LogP contribution in [0.3, 0.4) is 0 Å². The molecule has 1 unspecified atom stereocenters. The van der Waals surface area contributed by atoms with Crippen molar-refractivity contribution in [1.82, 2.24) is 0 Å². The van der Waals surface area contributed by atoms with E-state index in [1.165, 1.54) is 0 Å². The van der Waals surface area contributed by atoms with E-state index in [2.05, 4.69) is 6.58 Å². The molecule has 98 valence electrons. The van der Waals surface area contributed by atoms with Crippen molar-refractivity contribution >= 4 is 0 Å². The van der Waals surface area contributed by atoms with Gasteiger partial charge in [-0.05, 0) is 13.0 Å². The number of phenolic OH excluding ortho intramolecular Hbond substituents is 1. The second-order valence-electron chi connectivity index (χ2n) is 4.14. The van der Waals surface area contributed by atoms with Crippen molar-refractivity contribution in [1.29, 1.82) is 0 Å². The van der Waals surface area contributed by atoms with E-state index in [9.17, 15) is 5.11 Å². The fraction of sp³-hybridized carbons (Fsp3) is 0.429. The second kappa shape index (κ2) is 5.78. The first-order chi connectivity index (χ1) is 8.74. The van der Waals surface area contributed by atoms with Gasteiger partial charge in [0, 0.05) is 24.7 Å². The summed E-state index contributed by atoms with van der Waals surface area (Å²) < 4.78 is 16.6. The Morgan fingerprint density at radius 1 is 1.56 bits per heavy atom. The molecular formula is C14H18O4. The number of hydrogen-bond donors (Lipinski definition) is 1. The van der Waals surface area contributed by atoms with Gasteiger partial charge in [-0.2, -0.15) is 0 Å². The smallest absolute Gasteiger partial charge is 0.165 e. The van der Waals surface area contributed by atoms with Crippen LogP contribution in [0.15, 0.2) is 24.8 Å². The van der Waals surface area contributed by atoms with Crippen molar-refractivity contribution in [3.8, 4) is 17.2 Å². The number of benzene rings is 1. The Labute approximate surface area is 107 Å². The molecule has 1 atom stereocenters. The van der Waals surface area contributed by atoms with E-state index < -0.39 is 0 Å². The van der Waals surface area contributed by atoms with Crippen LogP contribution in [0, 0.1) is 0 Å². The fourth-order valence-electron chi connectivity index (χ4n) is 1.98. The highest BCUT2D eigenvalue weighted by Gasteiger charge is 2.27. The van der Waals surface area contributed by atoms with Crippen molar-refractivity contribution < 1.29 is 19.3 Å². The van der Waals surface area contributed by atoms with E-state index in [4.69, 9.17) is 14.2 Å². The summed E-state index contributed by atoms with van der Waals surface area (Å²) in [5.41, 5.74) is 0.957. The molecule has 0 aromatic heterocycles. The zero-order chi connectivity index (χ0) is 13.0. The van der Waals surface area contributed by atoms with Gasteiger partial charge in [0.05, 0.1) is 6.61 Å². The van der Waals surface area contributed by atoms with Crippen molar-refractivity contribution in [3.05, 3.63) is 30.4 Å². The minimum absolute atomic E-state index is 0.00664. The summed E-state index contributed by atoms with van der Waals surface area (Å²) >= 11 is 0. The predicted octanol–water partition coefficient (Wildman–Crippen LogP) is 2.30. The van der Waals surface area contributed by atoms with Crippen LogP contribution in [0.1, 0.15) is 12.5 Å². The summed E-state index contributed by atoms with van der Waals surface area (Å²) in [6, 6.07) is 3.27. The van der Waals surface area contributed by atoms with Crippen molar-refractivity contribution in [2.75, 3.05) is 19.8 Å². The lowest BCUT2D eigenvalue weighted by atomic mass is 10.1. The molecule has 1 aliphatic rings. The molecule has 0 amide bonds. The molecule has 0 fully saturated rings. The number of fused-ring (bicyclic) bond motifs is 1. The van der Waals surface area contributed by atoms with Crippen LogP contribution in [0.5, 0.6) is 17.2 Å². The Hall–Kier alpha value is -1.68. The molecule has 1 N–H and O–H groups in total. The fourth-order valence-corrected chi connectivity index (χ4v) is 1.98. The first-order valence-electron chi connectivity index (χ1n) is 6.08. The first kappa shape index (κ1) is 12.8. The number of hydrogen-bond acceptors (Lipinski definition) is 4. The molecule has 4 nitrogen and oxygen atoms in total. The van der Waals surface area contributed by atoms with Gasteiger partial charge in [0.2, 0.25) is 0 Å². The van der Waals surface area contributed by atoms with E-state index in [0.29, 0.717) is 31.3 Å². The lowest BCUT2D eigenvalue weighted by Gasteiger charge is -2.12. The lowest BCUT2D eigenvalue weighted by molar-refractivity contribution is 0.0666. The zero-order valence-electron chi connectivity index (χ0n) is 10.5. The highest BCUT2D eigenvalue weighted by Crippen LogP contribution is 2.41. The molecule has 0 radical (unpaired) electrons. The maximum absolute atomic E-state index is 9.65.